The number of hydrogen-bond acceptors (Lipinski definition) is 4. The number of benzene rings is 2. The third-order valence-corrected chi connectivity index (χ3v) is 5.11. The van der Waals surface area contributed by atoms with Crippen LogP contribution in [-0.2, 0) is 11.2 Å². The minimum Gasteiger partial charge on any atom is -0.440 e. The van der Waals surface area contributed by atoms with E-state index in [0.717, 1.165) is 39.4 Å². The smallest absolute Gasteiger partial charge is 0.224 e. The van der Waals surface area contributed by atoms with Crippen LogP contribution in [0.1, 0.15) is 24.9 Å². The van der Waals surface area contributed by atoms with Gasteiger partial charge >= 0.3 is 0 Å². The van der Waals surface area contributed by atoms with E-state index < -0.39 is 0 Å². The highest BCUT2D eigenvalue weighted by Gasteiger charge is 2.14. The molecule has 0 fully saturated rings. The molecule has 1 amide bonds. The number of aryl methyl sites for hydroxylation is 2. The third-order valence-electron chi connectivity index (χ3n) is 4.58. The maximum atomic E-state index is 12.4. The Hall–Kier alpha value is -2.60. The lowest BCUT2D eigenvalue weighted by molar-refractivity contribution is -0.116. The Bertz CT molecular complexity index is 951. The van der Waals surface area contributed by atoms with Crippen molar-refractivity contribution in [2.75, 3.05) is 23.8 Å². The highest BCUT2D eigenvalue weighted by atomic mass is 79.9. The zero-order valence-corrected chi connectivity index (χ0v) is 17.9. The van der Waals surface area contributed by atoms with E-state index in [0.29, 0.717) is 18.7 Å². The number of rotatable bonds is 7. The molecule has 3 rings (SSSR count). The molecule has 0 aliphatic heterocycles. The zero-order chi connectivity index (χ0) is 20.1. The van der Waals surface area contributed by atoms with Crippen molar-refractivity contribution < 1.29 is 9.21 Å². The molecule has 1 heterocycles. The van der Waals surface area contributed by atoms with Crippen molar-refractivity contribution in [3.8, 4) is 11.3 Å². The van der Waals surface area contributed by atoms with E-state index in [-0.39, 0.29) is 5.91 Å². The minimum atomic E-state index is -0.0574. The van der Waals surface area contributed by atoms with Crippen LogP contribution in [0.15, 0.2) is 57.4 Å². The lowest BCUT2D eigenvalue weighted by Gasteiger charge is -2.20. The first kappa shape index (κ1) is 20.1. The van der Waals surface area contributed by atoms with Crippen LogP contribution < -0.4 is 10.2 Å². The van der Waals surface area contributed by atoms with Gasteiger partial charge in [-0.15, -0.1) is 0 Å². The van der Waals surface area contributed by atoms with E-state index >= 15 is 0 Å². The number of nitrogens with zero attached hydrogens (tertiary/aromatic N) is 2. The normalized spacial score (nSPS) is 10.7. The van der Waals surface area contributed by atoms with Crippen molar-refractivity contribution in [3.05, 3.63) is 64.6 Å². The van der Waals surface area contributed by atoms with Gasteiger partial charge in [0.25, 0.3) is 0 Å². The SMILES string of the molecule is CCN(C)c1ccccc1NC(=O)CCc1nc(C)c(-c2ccc(Br)cc2)o1. The van der Waals surface area contributed by atoms with Gasteiger partial charge in [-0.05, 0) is 38.1 Å². The first-order chi connectivity index (χ1) is 13.5. The van der Waals surface area contributed by atoms with Crippen LogP contribution in [0, 0.1) is 6.92 Å². The topological polar surface area (TPSA) is 58.4 Å². The van der Waals surface area contributed by atoms with E-state index in [4.69, 9.17) is 4.42 Å². The Kier molecular flexibility index (Phi) is 6.52. The summed E-state index contributed by atoms with van der Waals surface area (Å²) in [4.78, 5) is 19.0. The van der Waals surface area contributed by atoms with Crippen LogP contribution in [0.2, 0.25) is 0 Å². The van der Waals surface area contributed by atoms with E-state index in [1.807, 2.05) is 62.5 Å². The molecule has 0 aliphatic carbocycles. The average Bonchev–Trinajstić information content (AvgIpc) is 3.07. The van der Waals surface area contributed by atoms with E-state index in [2.05, 4.69) is 38.1 Å². The maximum Gasteiger partial charge on any atom is 0.224 e. The summed E-state index contributed by atoms with van der Waals surface area (Å²) in [5.74, 6) is 1.26. The van der Waals surface area contributed by atoms with Gasteiger partial charge in [-0.2, -0.15) is 0 Å². The summed E-state index contributed by atoms with van der Waals surface area (Å²) in [5, 5.41) is 3.00. The Morgan fingerprint density at radius 1 is 1.18 bits per heavy atom. The fraction of sp³-hybridized carbons (Fsp3) is 0.273. The Morgan fingerprint density at radius 3 is 2.61 bits per heavy atom. The molecule has 2 aromatic carbocycles. The number of nitrogens with one attached hydrogen (secondary N) is 1. The molecule has 0 bridgehead atoms. The minimum absolute atomic E-state index is 0.0574. The summed E-state index contributed by atoms with van der Waals surface area (Å²) in [5.41, 5.74) is 3.62. The molecule has 1 N–H and O–H groups in total. The van der Waals surface area contributed by atoms with Crippen molar-refractivity contribution in [1.82, 2.24) is 4.98 Å². The highest BCUT2D eigenvalue weighted by Crippen LogP contribution is 2.27. The number of aromatic nitrogens is 1. The van der Waals surface area contributed by atoms with Gasteiger partial charge in [0.1, 0.15) is 0 Å². The van der Waals surface area contributed by atoms with E-state index in [1.165, 1.54) is 0 Å². The second-order valence-corrected chi connectivity index (χ2v) is 7.52. The van der Waals surface area contributed by atoms with Crippen LogP contribution in [-0.4, -0.2) is 24.5 Å². The number of amides is 1. The lowest BCUT2D eigenvalue weighted by atomic mass is 10.1. The van der Waals surface area contributed by atoms with E-state index in [9.17, 15) is 4.79 Å². The number of para-hydroxylation sites is 2. The van der Waals surface area contributed by atoms with Crippen LogP contribution in [0.25, 0.3) is 11.3 Å². The second kappa shape index (κ2) is 9.06. The van der Waals surface area contributed by atoms with Crippen molar-refractivity contribution in [2.24, 2.45) is 0 Å². The highest BCUT2D eigenvalue weighted by molar-refractivity contribution is 9.10. The van der Waals surface area contributed by atoms with Crippen molar-refractivity contribution in [3.63, 3.8) is 0 Å². The standard InChI is InChI=1S/C22H24BrN3O2/c1-4-26(3)19-8-6-5-7-18(19)25-20(27)13-14-21-24-15(2)22(28-21)16-9-11-17(23)12-10-16/h5-12H,4,13-14H2,1-3H3,(H,25,27). The number of oxazole rings is 1. The maximum absolute atomic E-state index is 12.4. The Labute approximate surface area is 173 Å². The number of hydrogen-bond donors (Lipinski definition) is 1. The Morgan fingerprint density at radius 2 is 1.89 bits per heavy atom. The summed E-state index contributed by atoms with van der Waals surface area (Å²) in [6.45, 7) is 4.86. The fourth-order valence-electron chi connectivity index (χ4n) is 2.94. The van der Waals surface area contributed by atoms with Gasteiger partial charge in [-0.1, -0.05) is 40.2 Å². The summed E-state index contributed by atoms with van der Waals surface area (Å²) in [6, 6.07) is 15.7. The van der Waals surface area contributed by atoms with E-state index in [1.54, 1.807) is 0 Å². The quantitative estimate of drug-likeness (QED) is 0.530. The number of anilines is 2. The molecule has 1 aromatic heterocycles. The fourth-order valence-corrected chi connectivity index (χ4v) is 3.21. The summed E-state index contributed by atoms with van der Waals surface area (Å²) in [6.07, 6.45) is 0.763. The van der Waals surface area contributed by atoms with Gasteiger partial charge in [-0.3, -0.25) is 4.79 Å². The monoisotopic (exact) mass is 441 g/mol. The van der Waals surface area contributed by atoms with Gasteiger partial charge in [0.15, 0.2) is 11.7 Å². The number of carbonyl (C=O) groups excluding carboxylic acids is 1. The van der Waals surface area contributed by atoms with Crippen molar-refractivity contribution in [1.29, 1.82) is 0 Å². The third kappa shape index (κ3) is 4.81. The number of halogens is 1. The van der Waals surface area contributed by atoms with Crippen LogP contribution in [0.4, 0.5) is 11.4 Å². The van der Waals surface area contributed by atoms with Gasteiger partial charge in [-0.25, -0.2) is 4.98 Å². The van der Waals surface area contributed by atoms with Crippen LogP contribution >= 0.6 is 15.9 Å². The van der Waals surface area contributed by atoms with Gasteiger partial charge in [0.05, 0.1) is 17.1 Å². The molecule has 0 aliphatic rings. The van der Waals surface area contributed by atoms with Crippen LogP contribution in [0.3, 0.4) is 0 Å². The largest absolute Gasteiger partial charge is 0.440 e. The van der Waals surface area contributed by atoms with Gasteiger partial charge in [0.2, 0.25) is 5.91 Å². The second-order valence-electron chi connectivity index (χ2n) is 6.61. The van der Waals surface area contributed by atoms with Gasteiger partial charge in [0, 0.05) is 36.5 Å². The van der Waals surface area contributed by atoms with Gasteiger partial charge < -0.3 is 14.6 Å². The van der Waals surface area contributed by atoms with Crippen molar-refractivity contribution >= 4 is 33.2 Å². The molecule has 0 saturated carbocycles. The molecule has 0 radical (unpaired) electrons. The molecular weight excluding hydrogens is 418 g/mol. The molecule has 5 nitrogen and oxygen atoms in total. The molecule has 0 atom stereocenters. The zero-order valence-electron chi connectivity index (χ0n) is 16.3. The summed E-state index contributed by atoms with van der Waals surface area (Å²) < 4.78 is 6.92. The van der Waals surface area contributed by atoms with Crippen molar-refractivity contribution in [2.45, 2.75) is 26.7 Å². The Balaban J connectivity index is 1.64. The first-order valence-electron chi connectivity index (χ1n) is 9.30. The summed E-state index contributed by atoms with van der Waals surface area (Å²) in [7, 11) is 2.00. The molecule has 3 aromatic rings. The molecular formula is C22H24BrN3O2. The molecule has 146 valence electrons. The molecule has 0 saturated heterocycles. The molecule has 0 unspecified atom stereocenters. The van der Waals surface area contributed by atoms with Crippen LogP contribution in [0.5, 0.6) is 0 Å². The first-order valence-corrected chi connectivity index (χ1v) is 10.1. The lowest BCUT2D eigenvalue weighted by Crippen LogP contribution is -2.20. The average molecular weight is 442 g/mol. The molecule has 28 heavy (non-hydrogen) atoms. The molecule has 0 spiro atoms. The predicted molar refractivity (Wildman–Crippen MR) is 117 cm³/mol. The molecule has 6 heteroatoms. The number of carbonyl (C=O) groups is 1. The predicted octanol–water partition coefficient (Wildman–Crippen LogP) is 5.44. The summed E-state index contributed by atoms with van der Waals surface area (Å²) >= 11 is 3.43.